The number of aliphatic hydroxyl groups is 1. The van der Waals surface area contributed by atoms with Crippen molar-refractivity contribution in [2.75, 3.05) is 19.9 Å². The van der Waals surface area contributed by atoms with Crippen molar-refractivity contribution in [2.45, 2.75) is 52.0 Å². The van der Waals surface area contributed by atoms with Gasteiger partial charge in [-0.3, -0.25) is 9.59 Å². The fourth-order valence-corrected chi connectivity index (χ4v) is 8.48. The molecule has 3 N–H and O–H groups in total. The normalized spacial score (nSPS) is 15.2. The Hall–Kier alpha value is -6.37. The zero-order valence-corrected chi connectivity index (χ0v) is 31.5. The second-order valence-electron chi connectivity index (χ2n) is 15.2. The maximum absolute atomic E-state index is 13.7. The second-order valence-corrected chi connectivity index (χ2v) is 15.2. The fourth-order valence-electron chi connectivity index (χ4n) is 8.48. The summed E-state index contributed by atoms with van der Waals surface area (Å²) in [6.07, 6.45) is -1.45. The topological polar surface area (TPSA) is 158 Å². The zero-order valence-electron chi connectivity index (χ0n) is 31.5. The molecule has 2 aliphatic heterocycles. The van der Waals surface area contributed by atoms with E-state index in [0.29, 0.717) is 23.9 Å². The van der Waals surface area contributed by atoms with Crippen LogP contribution in [0.1, 0.15) is 64.8 Å². The number of hydrogen-bond acceptors (Lipinski definition) is 9. The molecule has 9 rings (SSSR count). The van der Waals surface area contributed by atoms with Gasteiger partial charge in [0.15, 0.2) is 6.10 Å². The van der Waals surface area contributed by atoms with E-state index < -0.39 is 24.1 Å². The van der Waals surface area contributed by atoms with E-state index >= 15 is 0 Å². The number of rotatable bonds is 10. The van der Waals surface area contributed by atoms with Gasteiger partial charge in [0.1, 0.15) is 26.5 Å². The molecular formula is C45H40N4O8. The van der Waals surface area contributed by atoms with Crippen molar-refractivity contribution >= 4 is 39.6 Å². The number of cyclic esters (lactones) is 1. The minimum absolute atomic E-state index is 0.0608. The van der Waals surface area contributed by atoms with Crippen LogP contribution in [-0.4, -0.2) is 52.5 Å². The second kappa shape index (κ2) is 14.6. The predicted molar refractivity (Wildman–Crippen MR) is 212 cm³/mol. The molecule has 3 aliphatic rings. The quantitative estimate of drug-likeness (QED) is 0.0658. The lowest BCUT2D eigenvalue weighted by atomic mass is 9.90. The van der Waals surface area contributed by atoms with Crippen molar-refractivity contribution in [3.63, 3.8) is 0 Å². The number of aromatic nitrogens is 2. The van der Waals surface area contributed by atoms with Crippen molar-refractivity contribution in [2.24, 2.45) is 5.92 Å². The molecule has 0 radical (unpaired) electrons. The maximum Gasteiger partial charge on any atom is 0.407 e. The molecule has 6 aromatic rings. The van der Waals surface area contributed by atoms with Crippen LogP contribution >= 0.6 is 0 Å². The van der Waals surface area contributed by atoms with Gasteiger partial charge in [0.25, 0.3) is 5.56 Å². The van der Waals surface area contributed by atoms with Gasteiger partial charge in [-0.15, -0.1) is 0 Å². The molecule has 4 aromatic carbocycles. The first-order valence-corrected chi connectivity index (χ1v) is 19.1. The van der Waals surface area contributed by atoms with Crippen LogP contribution in [0, 0.1) is 5.92 Å². The van der Waals surface area contributed by atoms with E-state index in [0.717, 1.165) is 67.0 Å². The molecular weight excluding hydrogens is 725 g/mol. The summed E-state index contributed by atoms with van der Waals surface area (Å²) in [6.45, 7) is 4.50. The summed E-state index contributed by atoms with van der Waals surface area (Å²) in [5.74, 6) is -0.966. The zero-order chi connectivity index (χ0) is 39.4. The van der Waals surface area contributed by atoms with E-state index in [9.17, 15) is 24.3 Å². The summed E-state index contributed by atoms with van der Waals surface area (Å²) in [4.78, 5) is 56.0. The Morgan fingerprint density at radius 3 is 2.42 bits per heavy atom. The summed E-state index contributed by atoms with van der Waals surface area (Å²) >= 11 is 0. The number of alkyl carbamates (subject to hydrolysis) is 1. The minimum Gasteiger partial charge on any atom is -0.458 e. The molecule has 2 aromatic heterocycles. The average molecular weight is 765 g/mol. The Morgan fingerprint density at radius 2 is 1.67 bits per heavy atom. The molecule has 2 amide bonds. The SMILES string of the molecule is CC(C)Cc1c2c(nc3ccc4ccc(COCNC(=O)CNC(=O)OCC5c6ccccc6-c6ccccc65)cc4c13)-c1cc3c(c(=O)n1C2)COC(=O)C3O. The molecule has 4 heterocycles. The van der Waals surface area contributed by atoms with E-state index in [2.05, 4.69) is 42.7 Å². The summed E-state index contributed by atoms with van der Waals surface area (Å²) in [7, 11) is 0. The van der Waals surface area contributed by atoms with Crippen LogP contribution in [0.4, 0.5) is 4.79 Å². The number of nitrogens with one attached hydrogen (secondary N) is 2. The molecule has 12 nitrogen and oxygen atoms in total. The van der Waals surface area contributed by atoms with Crippen LogP contribution in [-0.2, 0) is 50.0 Å². The van der Waals surface area contributed by atoms with E-state index in [1.807, 2.05) is 60.7 Å². The summed E-state index contributed by atoms with van der Waals surface area (Å²) in [5, 5.41) is 18.8. The van der Waals surface area contributed by atoms with Gasteiger partial charge >= 0.3 is 12.1 Å². The Kier molecular flexibility index (Phi) is 9.30. The standard InChI is InChI=1S/C45H40N4O8/c1-24(2)15-32-34-19-49-38(17-33-36(43(49)52)22-56-44(53)42(33)51)41(34)48-37-14-13-26-12-11-25(16-31(26)40(32)37)20-55-23-47-39(50)18-46-45(54)57-21-35-29-9-5-3-7-27(29)28-8-4-6-10-30(28)35/h3-14,16-17,24,35,42,51H,15,18-23H2,1-2H3,(H,46,54)(H,47,50). The third-order valence-corrected chi connectivity index (χ3v) is 11.1. The number of aliphatic hydroxyl groups excluding tert-OH is 1. The van der Waals surface area contributed by atoms with E-state index in [1.54, 1.807) is 10.6 Å². The molecule has 0 spiro atoms. The number of carbonyl (C=O) groups excluding carboxylic acids is 3. The smallest absolute Gasteiger partial charge is 0.407 e. The van der Waals surface area contributed by atoms with Gasteiger partial charge in [-0.05, 0) is 74.7 Å². The van der Waals surface area contributed by atoms with Gasteiger partial charge in [0.2, 0.25) is 5.91 Å². The van der Waals surface area contributed by atoms with Gasteiger partial charge in [-0.2, -0.15) is 0 Å². The van der Waals surface area contributed by atoms with Crippen LogP contribution in [0.15, 0.2) is 89.7 Å². The predicted octanol–water partition coefficient (Wildman–Crippen LogP) is 6.00. The van der Waals surface area contributed by atoms with Gasteiger partial charge < -0.3 is 34.5 Å². The highest BCUT2D eigenvalue weighted by atomic mass is 16.6. The van der Waals surface area contributed by atoms with Crippen molar-refractivity contribution in [1.82, 2.24) is 20.2 Å². The van der Waals surface area contributed by atoms with Gasteiger partial charge in [-0.25, -0.2) is 14.6 Å². The van der Waals surface area contributed by atoms with E-state index in [4.69, 9.17) is 19.2 Å². The number of benzene rings is 4. The number of carbonyl (C=O) groups is 3. The number of hydrogen-bond donors (Lipinski definition) is 3. The molecule has 1 aliphatic carbocycles. The van der Waals surface area contributed by atoms with Gasteiger partial charge in [0.05, 0.1) is 35.6 Å². The molecule has 12 heteroatoms. The fraction of sp³-hybridized carbons (Fsp3) is 0.267. The Labute approximate surface area is 327 Å². The van der Waals surface area contributed by atoms with Crippen LogP contribution in [0.5, 0.6) is 0 Å². The third-order valence-electron chi connectivity index (χ3n) is 11.1. The first-order valence-electron chi connectivity index (χ1n) is 19.1. The first kappa shape index (κ1) is 36.3. The molecule has 57 heavy (non-hydrogen) atoms. The van der Waals surface area contributed by atoms with Crippen molar-refractivity contribution in [3.8, 4) is 22.5 Å². The van der Waals surface area contributed by atoms with E-state index in [-0.39, 0.29) is 55.7 Å². The number of pyridine rings is 2. The van der Waals surface area contributed by atoms with Crippen LogP contribution in [0.25, 0.3) is 44.2 Å². The first-order chi connectivity index (χ1) is 27.7. The highest BCUT2D eigenvalue weighted by Gasteiger charge is 2.35. The maximum atomic E-state index is 13.7. The number of esters is 1. The summed E-state index contributed by atoms with van der Waals surface area (Å²) < 4.78 is 18.1. The molecule has 1 atom stereocenters. The van der Waals surface area contributed by atoms with Crippen molar-refractivity contribution in [3.05, 3.63) is 134 Å². The molecule has 1 unspecified atom stereocenters. The molecule has 0 saturated carbocycles. The van der Waals surface area contributed by atoms with Crippen molar-refractivity contribution < 1.29 is 33.7 Å². The van der Waals surface area contributed by atoms with Crippen LogP contribution in [0.2, 0.25) is 0 Å². The lowest BCUT2D eigenvalue weighted by Crippen LogP contribution is -2.38. The van der Waals surface area contributed by atoms with Crippen LogP contribution < -0.4 is 16.2 Å². The minimum atomic E-state index is -1.52. The lowest BCUT2D eigenvalue weighted by molar-refractivity contribution is -0.157. The monoisotopic (exact) mass is 764 g/mol. The van der Waals surface area contributed by atoms with Gasteiger partial charge in [-0.1, -0.05) is 80.6 Å². The molecule has 0 bridgehead atoms. The summed E-state index contributed by atoms with van der Waals surface area (Å²) in [6, 6.07) is 28.0. The number of amides is 2. The molecule has 0 fully saturated rings. The highest BCUT2D eigenvalue weighted by molar-refractivity contribution is 6.09. The number of fused-ring (bicyclic) bond motifs is 10. The Balaban J connectivity index is 0.861. The number of nitrogens with zero attached hydrogens (tertiary/aromatic N) is 2. The van der Waals surface area contributed by atoms with Crippen LogP contribution in [0.3, 0.4) is 0 Å². The highest BCUT2D eigenvalue weighted by Crippen LogP contribution is 2.45. The Bertz CT molecular complexity index is 2660. The number of ether oxygens (including phenoxy) is 3. The Morgan fingerprint density at radius 1 is 0.930 bits per heavy atom. The largest absolute Gasteiger partial charge is 0.458 e. The summed E-state index contributed by atoms with van der Waals surface area (Å²) in [5.41, 5.74) is 9.70. The third kappa shape index (κ3) is 6.50. The average Bonchev–Trinajstić information content (AvgIpc) is 3.75. The van der Waals surface area contributed by atoms with E-state index in [1.165, 1.54) is 0 Å². The van der Waals surface area contributed by atoms with Gasteiger partial charge in [0, 0.05) is 22.4 Å². The lowest BCUT2D eigenvalue weighted by Gasteiger charge is -2.21. The molecule has 0 saturated heterocycles. The molecule has 288 valence electrons. The van der Waals surface area contributed by atoms with Crippen molar-refractivity contribution in [1.29, 1.82) is 0 Å².